The number of ether oxygens (including phenoxy) is 1. The van der Waals surface area contributed by atoms with E-state index >= 15 is 0 Å². The van der Waals surface area contributed by atoms with Crippen LogP contribution in [-0.4, -0.2) is 29.4 Å². The van der Waals surface area contributed by atoms with Gasteiger partial charge in [-0.15, -0.1) is 11.3 Å². The van der Waals surface area contributed by atoms with Crippen molar-refractivity contribution in [3.8, 4) is 0 Å². The van der Waals surface area contributed by atoms with Gasteiger partial charge in [-0.05, 0) is 19.1 Å². The van der Waals surface area contributed by atoms with E-state index in [0.717, 1.165) is 16.2 Å². The van der Waals surface area contributed by atoms with Crippen LogP contribution in [0.2, 0.25) is 0 Å². The minimum atomic E-state index is -0.391. The molecule has 1 aliphatic heterocycles. The van der Waals surface area contributed by atoms with Gasteiger partial charge in [0, 0.05) is 5.38 Å². The van der Waals surface area contributed by atoms with Gasteiger partial charge in [0.1, 0.15) is 0 Å². The van der Waals surface area contributed by atoms with Gasteiger partial charge in [-0.2, -0.15) is 0 Å². The summed E-state index contributed by atoms with van der Waals surface area (Å²) in [7, 11) is 0. The van der Waals surface area contributed by atoms with E-state index in [0.29, 0.717) is 23.4 Å². The second kappa shape index (κ2) is 5.69. The Labute approximate surface area is 130 Å². The second-order valence-corrected chi connectivity index (χ2v) is 5.43. The second-order valence-electron chi connectivity index (χ2n) is 4.59. The van der Waals surface area contributed by atoms with E-state index in [9.17, 15) is 14.4 Å². The number of amides is 2. The Morgan fingerprint density at radius 3 is 2.45 bits per heavy atom. The quantitative estimate of drug-likeness (QED) is 0.637. The van der Waals surface area contributed by atoms with Crippen LogP contribution in [0, 0.1) is 0 Å². The molecular weight excluding hydrogens is 304 g/mol. The number of hydrogen-bond acceptors (Lipinski definition) is 6. The number of imide groups is 1. The maximum Gasteiger partial charge on any atom is 0.311 e. The number of thiazole rings is 1. The Morgan fingerprint density at radius 2 is 1.86 bits per heavy atom. The van der Waals surface area contributed by atoms with Crippen molar-refractivity contribution in [2.24, 2.45) is 0 Å². The monoisotopic (exact) mass is 316 g/mol. The molecule has 0 bridgehead atoms. The van der Waals surface area contributed by atoms with Crippen LogP contribution in [0.25, 0.3) is 0 Å². The Morgan fingerprint density at radius 1 is 1.23 bits per heavy atom. The minimum absolute atomic E-state index is 0.0213. The average molecular weight is 316 g/mol. The highest BCUT2D eigenvalue weighted by atomic mass is 32.1. The molecule has 1 aromatic heterocycles. The summed E-state index contributed by atoms with van der Waals surface area (Å²) in [6.07, 6.45) is 0.0213. The fourth-order valence-electron chi connectivity index (χ4n) is 2.20. The molecule has 0 saturated carbocycles. The van der Waals surface area contributed by atoms with E-state index in [2.05, 4.69) is 4.98 Å². The van der Waals surface area contributed by atoms with Gasteiger partial charge < -0.3 is 4.74 Å². The summed E-state index contributed by atoms with van der Waals surface area (Å²) in [5.74, 6) is -1.17. The van der Waals surface area contributed by atoms with E-state index in [1.54, 1.807) is 36.6 Å². The molecule has 112 valence electrons. The molecule has 1 aromatic carbocycles. The first-order chi connectivity index (χ1) is 10.6. The van der Waals surface area contributed by atoms with Crippen LogP contribution in [0.15, 0.2) is 29.6 Å². The number of carbonyl (C=O) groups excluding carboxylic acids is 3. The summed E-state index contributed by atoms with van der Waals surface area (Å²) < 4.78 is 4.85. The van der Waals surface area contributed by atoms with Crippen LogP contribution < -0.4 is 4.90 Å². The molecule has 0 saturated heterocycles. The highest BCUT2D eigenvalue weighted by molar-refractivity contribution is 7.14. The standard InChI is InChI=1S/C15H12N2O4S/c1-2-21-12(18)7-9-8-22-15(16-9)17-13(19)10-5-3-4-6-11(10)14(17)20/h3-6,8H,2,7H2,1H3. The summed E-state index contributed by atoms with van der Waals surface area (Å²) >= 11 is 1.15. The number of carbonyl (C=O) groups is 3. The van der Waals surface area contributed by atoms with Gasteiger partial charge in [-0.25, -0.2) is 9.88 Å². The highest BCUT2D eigenvalue weighted by Crippen LogP contribution is 2.30. The molecule has 22 heavy (non-hydrogen) atoms. The van der Waals surface area contributed by atoms with Crippen LogP contribution in [-0.2, 0) is 16.0 Å². The normalized spacial score (nSPS) is 13.4. The summed E-state index contributed by atoms with van der Waals surface area (Å²) in [6.45, 7) is 2.03. The lowest BCUT2D eigenvalue weighted by Gasteiger charge is -2.08. The zero-order valence-corrected chi connectivity index (χ0v) is 12.6. The van der Waals surface area contributed by atoms with Gasteiger partial charge in [0.15, 0.2) is 5.13 Å². The number of anilines is 1. The third-order valence-corrected chi connectivity index (χ3v) is 4.03. The molecule has 2 amide bonds. The zero-order valence-electron chi connectivity index (χ0n) is 11.7. The predicted octanol–water partition coefficient (Wildman–Crippen LogP) is 2.05. The van der Waals surface area contributed by atoms with Crippen LogP contribution in [0.4, 0.5) is 5.13 Å². The highest BCUT2D eigenvalue weighted by Gasteiger charge is 2.37. The van der Waals surface area contributed by atoms with Crippen molar-refractivity contribution < 1.29 is 19.1 Å². The van der Waals surface area contributed by atoms with E-state index in [-0.39, 0.29) is 17.5 Å². The maximum absolute atomic E-state index is 12.3. The van der Waals surface area contributed by atoms with E-state index in [1.807, 2.05) is 0 Å². The third-order valence-electron chi connectivity index (χ3n) is 3.16. The van der Waals surface area contributed by atoms with Crippen LogP contribution in [0.3, 0.4) is 0 Å². The van der Waals surface area contributed by atoms with Crippen molar-refractivity contribution >= 4 is 34.3 Å². The summed E-state index contributed by atoms with van der Waals surface area (Å²) in [5, 5.41) is 1.92. The first-order valence-corrected chi connectivity index (χ1v) is 7.57. The van der Waals surface area contributed by atoms with Crippen LogP contribution >= 0.6 is 11.3 Å². The van der Waals surface area contributed by atoms with Crippen LogP contribution in [0.1, 0.15) is 33.3 Å². The van der Waals surface area contributed by atoms with Gasteiger partial charge in [-0.1, -0.05) is 12.1 Å². The number of benzene rings is 1. The molecule has 0 radical (unpaired) electrons. The molecule has 0 N–H and O–H groups in total. The largest absolute Gasteiger partial charge is 0.466 e. The average Bonchev–Trinajstić information content (AvgIpc) is 3.04. The molecule has 3 rings (SSSR count). The van der Waals surface area contributed by atoms with Crippen LogP contribution in [0.5, 0.6) is 0 Å². The molecule has 0 aliphatic carbocycles. The van der Waals surface area contributed by atoms with E-state index in [4.69, 9.17) is 4.74 Å². The van der Waals surface area contributed by atoms with Crippen molar-refractivity contribution in [2.45, 2.75) is 13.3 Å². The molecule has 1 aliphatic rings. The number of nitrogens with zero attached hydrogens (tertiary/aromatic N) is 2. The molecule has 0 spiro atoms. The Bertz CT molecular complexity index is 733. The third kappa shape index (κ3) is 2.39. The molecule has 0 atom stereocenters. The first-order valence-electron chi connectivity index (χ1n) is 6.69. The number of rotatable bonds is 4. The van der Waals surface area contributed by atoms with Crippen molar-refractivity contribution in [2.75, 3.05) is 11.5 Å². The van der Waals surface area contributed by atoms with E-state index < -0.39 is 11.8 Å². The van der Waals surface area contributed by atoms with Gasteiger partial charge in [0.25, 0.3) is 11.8 Å². The van der Waals surface area contributed by atoms with Gasteiger partial charge >= 0.3 is 5.97 Å². The van der Waals surface area contributed by atoms with Gasteiger partial charge in [-0.3, -0.25) is 14.4 Å². The molecule has 0 fully saturated rings. The maximum atomic E-state index is 12.3. The molecule has 2 aromatic rings. The zero-order chi connectivity index (χ0) is 15.7. The van der Waals surface area contributed by atoms with Gasteiger partial charge in [0.2, 0.25) is 0 Å². The lowest BCUT2D eigenvalue weighted by atomic mass is 10.1. The van der Waals surface area contributed by atoms with Crippen molar-refractivity contribution in [3.05, 3.63) is 46.5 Å². The fraction of sp³-hybridized carbons (Fsp3) is 0.200. The SMILES string of the molecule is CCOC(=O)Cc1csc(N2C(=O)c3ccccc3C2=O)n1. The molecule has 2 heterocycles. The summed E-state index contributed by atoms with van der Waals surface area (Å²) in [6, 6.07) is 6.65. The fourth-order valence-corrected chi connectivity index (χ4v) is 3.02. The Kier molecular flexibility index (Phi) is 3.72. The molecule has 7 heteroatoms. The Balaban J connectivity index is 1.85. The minimum Gasteiger partial charge on any atom is -0.466 e. The van der Waals surface area contributed by atoms with Crippen molar-refractivity contribution in [1.29, 1.82) is 0 Å². The Hall–Kier alpha value is -2.54. The van der Waals surface area contributed by atoms with Crippen molar-refractivity contribution in [1.82, 2.24) is 4.98 Å². The topological polar surface area (TPSA) is 76.6 Å². The predicted molar refractivity (Wildman–Crippen MR) is 80.0 cm³/mol. The smallest absolute Gasteiger partial charge is 0.311 e. The van der Waals surface area contributed by atoms with Crippen molar-refractivity contribution in [3.63, 3.8) is 0 Å². The lowest BCUT2D eigenvalue weighted by molar-refractivity contribution is -0.142. The number of hydrogen-bond donors (Lipinski definition) is 0. The van der Waals surface area contributed by atoms with E-state index in [1.165, 1.54) is 0 Å². The number of esters is 1. The number of fused-ring (bicyclic) bond motifs is 1. The molecule has 6 nitrogen and oxygen atoms in total. The molecular formula is C15H12N2O4S. The molecule has 0 unspecified atom stereocenters. The number of aromatic nitrogens is 1. The summed E-state index contributed by atoms with van der Waals surface area (Å²) in [4.78, 5) is 41.3. The van der Waals surface area contributed by atoms with Gasteiger partial charge in [0.05, 0.1) is 29.8 Å². The lowest BCUT2D eigenvalue weighted by Crippen LogP contribution is -2.29. The first kappa shape index (κ1) is 14.4. The summed E-state index contributed by atoms with van der Waals surface area (Å²) in [5.41, 5.74) is 1.22.